The van der Waals surface area contributed by atoms with Crippen molar-refractivity contribution in [2.45, 2.75) is 0 Å². The molecule has 0 radical (unpaired) electrons. The van der Waals surface area contributed by atoms with Crippen LogP contribution in [0.3, 0.4) is 0 Å². The van der Waals surface area contributed by atoms with Gasteiger partial charge in [-0.2, -0.15) is 0 Å². The highest BCUT2D eigenvalue weighted by Crippen LogP contribution is 2.23. The Morgan fingerprint density at radius 1 is 1.29 bits per heavy atom. The van der Waals surface area contributed by atoms with Crippen molar-refractivity contribution in [1.29, 1.82) is 0 Å². The molecule has 0 aliphatic rings. The summed E-state index contributed by atoms with van der Waals surface area (Å²) in [4.78, 5) is 25.0. The number of benzene rings is 1. The molecule has 1 aromatic carbocycles. The number of H-pyrrole nitrogens is 1. The van der Waals surface area contributed by atoms with Crippen LogP contribution in [0.5, 0.6) is 0 Å². The minimum Gasteiger partial charge on any atom is -0.478 e. The summed E-state index contributed by atoms with van der Waals surface area (Å²) in [5, 5.41) is 9.20. The first kappa shape index (κ1) is 13.1. The quantitative estimate of drug-likeness (QED) is 0.770. The number of carboxylic acids is 1. The van der Waals surface area contributed by atoms with Crippen molar-refractivity contribution in [2.75, 3.05) is 19.0 Å². The zero-order chi connectivity index (χ0) is 15.0. The van der Waals surface area contributed by atoms with Crippen molar-refractivity contribution in [2.24, 2.45) is 0 Å². The predicted octanol–water partition coefficient (Wildman–Crippen LogP) is 2.39. The standard InChI is InChI=1S/C15H14N4O2/c1-19(2)9-6-7-16-12(8-9)14-17-11-5-3-4-10(15(20)21)13(11)18-14/h3-8H,1-2H3,(H,17,18)(H,20,21). The number of imidazole rings is 1. The second kappa shape index (κ2) is 4.90. The average molecular weight is 282 g/mol. The number of pyridine rings is 1. The van der Waals surface area contributed by atoms with E-state index in [0.717, 1.165) is 5.69 Å². The van der Waals surface area contributed by atoms with Gasteiger partial charge in [-0.05, 0) is 24.3 Å². The Labute approximate surface area is 121 Å². The van der Waals surface area contributed by atoms with Crippen LogP contribution in [0, 0.1) is 0 Å². The average Bonchev–Trinajstić information content (AvgIpc) is 2.91. The SMILES string of the molecule is CN(C)c1ccnc(-c2nc3c(C(=O)O)cccc3[nH]2)c1. The molecule has 3 aromatic rings. The number of carbonyl (C=O) groups is 1. The number of aromatic nitrogens is 3. The molecule has 0 atom stereocenters. The summed E-state index contributed by atoms with van der Waals surface area (Å²) >= 11 is 0. The molecule has 0 saturated carbocycles. The first-order valence-corrected chi connectivity index (χ1v) is 6.42. The number of carboxylic acid groups (broad SMARTS) is 1. The van der Waals surface area contributed by atoms with Crippen LogP contribution in [0.1, 0.15) is 10.4 Å². The van der Waals surface area contributed by atoms with Gasteiger partial charge in [0.05, 0.1) is 11.1 Å². The van der Waals surface area contributed by atoms with Gasteiger partial charge in [0.15, 0.2) is 5.82 Å². The lowest BCUT2D eigenvalue weighted by Crippen LogP contribution is -2.08. The molecule has 0 bridgehead atoms. The van der Waals surface area contributed by atoms with Crippen molar-refractivity contribution in [1.82, 2.24) is 15.0 Å². The van der Waals surface area contributed by atoms with Crippen molar-refractivity contribution >= 4 is 22.7 Å². The molecule has 0 amide bonds. The first-order valence-electron chi connectivity index (χ1n) is 6.42. The maximum atomic E-state index is 11.2. The monoisotopic (exact) mass is 282 g/mol. The highest BCUT2D eigenvalue weighted by atomic mass is 16.4. The Balaban J connectivity index is 2.15. The van der Waals surface area contributed by atoms with Crippen LogP contribution in [0.15, 0.2) is 36.5 Å². The number of para-hydroxylation sites is 1. The van der Waals surface area contributed by atoms with E-state index in [1.165, 1.54) is 0 Å². The molecule has 3 rings (SSSR count). The fourth-order valence-electron chi connectivity index (χ4n) is 2.15. The molecule has 106 valence electrons. The van der Waals surface area contributed by atoms with Gasteiger partial charge in [0, 0.05) is 26.0 Å². The van der Waals surface area contributed by atoms with Gasteiger partial charge in [0.2, 0.25) is 0 Å². The zero-order valence-electron chi connectivity index (χ0n) is 11.7. The van der Waals surface area contributed by atoms with E-state index < -0.39 is 5.97 Å². The third kappa shape index (κ3) is 2.31. The number of fused-ring (bicyclic) bond motifs is 1. The summed E-state index contributed by atoms with van der Waals surface area (Å²) in [7, 11) is 3.89. The number of nitrogens with one attached hydrogen (secondary N) is 1. The molecular formula is C15H14N4O2. The number of hydrogen-bond acceptors (Lipinski definition) is 4. The van der Waals surface area contributed by atoms with E-state index >= 15 is 0 Å². The first-order chi connectivity index (χ1) is 10.1. The molecule has 0 unspecified atom stereocenters. The lowest BCUT2D eigenvalue weighted by atomic mass is 10.2. The van der Waals surface area contributed by atoms with Crippen LogP contribution in [0.4, 0.5) is 5.69 Å². The van der Waals surface area contributed by atoms with E-state index in [-0.39, 0.29) is 5.56 Å². The highest BCUT2D eigenvalue weighted by Gasteiger charge is 2.14. The minimum absolute atomic E-state index is 0.179. The number of anilines is 1. The molecule has 0 aliphatic heterocycles. The Bertz CT molecular complexity index is 823. The fourth-order valence-corrected chi connectivity index (χ4v) is 2.15. The maximum absolute atomic E-state index is 11.2. The predicted molar refractivity (Wildman–Crippen MR) is 80.6 cm³/mol. The van der Waals surface area contributed by atoms with Crippen LogP contribution < -0.4 is 4.90 Å². The molecule has 2 aromatic heterocycles. The smallest absolute Gasteiger partial charge is 0.337 e. The lowest BCUT2D eigenvalue weighted by Gasteiger charge is -2.12. The zero-order valence-corrected chi connectivity index (χ0v) is 11.7. The number of hydrogen-bond donors (Lipinski definition) is 2. The number of rotatable bonds is 3. The maximum Gasteiger partial charge on any atom is 0.337 e. The van der Waals surface area contributed by atoms with E-state index in [1.54, 1.807) is 24.4 Å². The van der Waals surface area contributed by atoms with Crippen molar-refractivity contribution in [3.8, 4) is 11.5 Å². The van der Waals surface area contributed by atoms with Gasteiger partial charge in [-0.25, -0.2) is 9.78 Å². The van der Waals surface area contributed by atoms with E-state index in [1.807, 2.05) is 31.1 Å². The van der Waals surface area contributed by atoms with Crippen molar-refractivity contribution in [3.05, 3.63) is 42.1 Å². The van der Waals surface area contributed by atoms with E-state index in [4.69, 9.17) is 0 Å². The van der Waals surface area contributed by atoms with Gasteiger partial charge < -0.3 is 15.0 Å². The summed E-state index contributed by atoms with van der Waals surface area (Å²) in [6.45, 7) is 0. The van der Waals surface area contributed by atoms with Gasteiger partial charge in [-0.3, -0.25) is 4.98 Å². The summed E-state index contributed by atoms with van der Waals surface area (Å²) in [6.07, 6.45) is 1.70. The third-order valence-corrected chi connectivity index (χ3v) is 3.25. The normalized spacial score (nSPS) is 10.8. The second-order valence-corrected chi connectivity index (χ2v) is 4.89. The van der Waals surface area contributed by atoms with Gasteiger partial charge >= 0.3 is 5.97 Å². The summed E-state index contributed by atoms with van der Waals surface area (Å²) in [5.41, 5.74) is 2.98. The van der Waals surface area contributed by atoms with Crippen LogP contribution in [-0.2, 0) is 0 Å². The Morgan fingerprint density at radius 3 is 2.81 bits per heavy atom. The molecule has 2 heterocycles. The molecule has 2 N–H and O–H groups in total. The van der Waals surface area contributed by atoms with Crippen LogP contribution in [0.2, 0.25) is 0 Å². The fraction of sp³-hybridized carbons (Fsp3) is 0.133. The minimum atomic E-state index is -0.992. The lowest BCUT2D eigenvalue weighted by molar-refractivity contribution is 0.0699. The molecule has 0 spiro atoms. The number of aromatic carboxylic acids is 1. The van der Waals surface area contributed by atoms with E-state index in [2.05, 4.69) is 15.0 Å². The molecule has 21 heavy (non-hydrogen) atoms. The molecule has 6 nitrogen and oxygen atoms in total. The van der Waals surface area contributed by atoms with Crippen LogP contribution in [0.25, 0.3) is 22.6 Å². The van der Waals surface area contributed by atoms with Crippen LogP contribution >= 0.6 is 0 Å². The highest BCUT2D eigenvalue weighted by molar-refractivity contribution is 6.01. The molecule has 0 saturated heterocycles. The largest absolute Gasteiger partial charge is 0.478 e. The molecule has 6 heteroatoms. The van der Waals surface area contributed by atoms with Gasteiger partial charge in [0.25, 0.3) is 0 Å². The van der Waals surface area contributed by atoms with E-state index in [9.17, 15) is 9.90 Å². The van der Waals surface area contributed by atoms with E-state index in [0.29, 0.717) is 22.6 Å². The summed E-state index contributed by atoms with van der Waals surface area (Å²) in [5.74, 6) is -0.434. The van der Waals surface area contributed by atoms with Crippen LogP contribution in [-0.4, -0.2) is 40.1 Å². The number of aromatic amines is 1. The molecular weight excluding hydrogens is 268 g/mol. The van der Waals surface area contributed by atoms with Crippen molar-refractivity contribution in [3.63, 3.8) is 0 Å². The second-order valence-electron chi connectivity index (χ2n) is 4.89. The Hall–Kier alpha value is -2.89. The van der Waals surface area contributed by atoms with Gasteiger partial charge in [-0.15, -0.1) is 0 Å². The third-order valence-electron chi connectivity index (χ3n) is 3.25. The summed E-state index contributed by atoms with van der Waals surface area (Å²) < 4.78 is 0. The topological polar surface area (TPSA) is 82.1 Å². The Kier molecular flexibility index (Phi) is 3.06. The molecule has 0 aliphatic carbocycles. The van der Waals surface area contributed by atoms with Crippen molar-refractivity contribution < 1.29 is 9.90 Å². The summed E-state index contributed by atoms with van der Waals surface area (Å²) in [6, 6.07) is 8.83. The van der Waals surface area contributed by atoms with Gasteiger partial charge in [-0.1, -0.05) is 6.07 Å². The van der Waals surface area contributed by atoms with Gasteiger partial charge in [0.1, 0.15) is 11.2 Å². The Morgan fingerprint density at radius 2 is 2.10 bits per heavy atom. The molecule has 0 fully saturated rings. The number of nitrogens with zero attached hydrogens (tertiary/aromatic N) is 3.